The van der Waals surface area contributed by atoms with E-state index in [0.717, 1.165) is 6.26 Å². The van der Waals surface area contributed by atoms with Gasteiger partial charge < -0.3 is 14.6 Å². The van der Waals surface area contributed by atoms with Crippen LogP contribution in [-0.4, -0.2) is 6.61 Å². The van der Waals surface area contributed by atoms with E-state index in [9.17, 15) is 5.11 Å². The molecular weight excluding hydrogens is 769 g/mol. The predicted octanol–water partition coefficient (Wildman–Crippen LogP) is 7.95. The Hall–Kier alpha value is -4.80. The smallest absolute Gasteiger partial charge is 0.611 e. The van der Waals surface area contributed by atoms with E-state index in [1.54, 1.807) is 25.1 Å². The molecule has 0 radical (unpaired) electrons. The number of para-hydroxylation sites is 1. The van der Waals surface area contributed by atoms with E-state index in [1.807, 2.05) is 6.07 Å². The third kappa shape index (κ3) is 12.8. The Morgan fingerprint density at radius 2 is 0.769 bits per heavy atom. The number of hydrogen-bond donors (Lipinski definition) is 0. The maximum absolute atomic E-state index is 10.8. The standard InChI is InChI=1S/2C18H15P.C10H11O3.Pd/c2*1-4-10-16(11-5-1)19(17-12-6-2-7-13-17)18-14-8-3-9-15-18;1-2-12-10(11)8-13-9-6-4-3-5-7-9;/h2*1-15H;3-6,8,11H,2H2,1H3;/q;;-1;+2/p-1/b;;10-8-;. The van der Waals surface area contributed by atoms with Crippen LogP contribution in [-0.2, 0) is 25.2 Å². The van der Waals surface area contributed by atoms with Crippen LogP contribution in [0.3, 0.4) is 0 Å². The summed E-state index contributed by atoms with van der Waals surface area (Å²) in [4.78, 5) is 0. The van der Waals surface area contributed by atoms with Gasteiger partial charge >= 0.3 is 20.4 Å². The molecule has 0 aliphatic heterocycles. The Labute approximate surface area is 324 Å². The van der Waals surface area contributed by atoms with Crippen molar-refractivity contribution in [3.8, 4) is 5.75 Å². The molecule has 0 aromatic heterocycles. The van der Waals surface area contributed by atoms with E-state index in [4.69, 9.17) is 4.74 Å². The van der Waals surface area contributed by atoms with Crippen LogP contribution in [0.15, 0.2) is 218 Å². The third-order valence-corrected chi connectivity index (χ3v) is 12.2. The van der Waals surface area contributed by atoms with Crippen molar-refractivity contribution in [2.45, 2.75) is 6.92 Å². The van der Waals surface area contributed by atoms with Gasteiger partial charge in [-0.25, -0.2) is 0 Å². The molecule has 0 spiro atoms. The van der Waals surface area contributed by atoms with Crippen molar-refractivity contribution in [1.29, 1.82) is 0 Å². The van der Waals surface area contributed by atoms with Crippen LogP contribution >= 0.6 is 15.8 Å². The maximum atomic E-state index is 10.8. The first-order chi connectivity index (χ1) is 25.2. The Morgan fingerprint density at radius 3 is 1.02 bits per heavy atom. The third-order valence-electron chi connectivity index (χ3n) is 7.34. The molecule has 0 fully saturated rings. The van der Waals surface area contributed by atoms with Gasteiger partial charge in [0.15, 0.2) is 0 Å². The van der Waals surface area contributed by atoms with Crippen molar-refractivity contribution in [1.82, 2.24) is 0 Å². The van der Waals surface area contributed by atoms with E-state index in [2.05, 4.69) is 193 Å². The van der Waals surface area contributed by atoms with Crippen molar-refractivity contribution >= 4 is 47.7 Å². The molecule has 52 heavy (non-hydrogen) atoms. The molecule has 0 amide bonds. The fraction of sp³-hybridized carbons (Fsp3) is 0.0435. The fourth-order valence-corrected chi connectivity index (χ4v) is 9.71. The number of rotatable bonds is 10. The summed E-state index contributed by atoms with van der Waals surface area (Å²) in [6.45, 7) is 2.08. The molecule has 7 rings (SSSR count). The summed E-state index contributed by atoms with van der Waals surface area (Å²) < 4.78 is 9.60. The van der Waals surface area contributed by atoms with Crippen molar-refractivity contribution in [2.24, 2.45) is 0 Å². The Balaban J connectivity index is 0.000000177. The van der Waals surface area contributed by atoms with Crippen LogP contribution in [0.4, 0.5) is 0 Å². The van der Waals surface area contributed by atoms with Gasteiger partial charge in [-0.15, -0.1) is 12.1 Å². The van der Waals surface area contributed by atoms with Gasteiger partial charge in [0.1, 0.15) is 6.26 Å². The first-order valence-corrected chi connectivity index (χ1v) is 19.4. The minimum atomic E-state index is -0.486. The van der Waals surface area contributed by atoms with Gasteiger partial charge in [-0.2, -0.15) is 18.2 Å². The summed E-state index contributed by atoms with van der Waals surface area (Å²) in [5.41, 5.74) is 0. The Bertz CT molecular complexity index is 1660. The van der Waals surface area contributed by atoms with Gasteiger partial charge in [0.25, 0.3) is 0 Å². The normalized spacial score (nSPS) is 10.5. The van der Waals surface area contributed by atoms with E-state index >= 15 is 0 Å². The van der Waals surface area contributed by atoms with Crippen molar-refractivity contribution < 1.29 is 35.0 Å². The van der Waals surface area contributed by atoms with E-state index < -0.39 is 21.8 Å². The second-order valence-corrected chi connectivity index (χ2v) is 15.3. The molecular formula is C46H40O3P2Pd. The van der Waals surface area contributed by atoms with Gasteiger partial charge in [-0.3, -0.25) is 0 Å². The summed E-state index contributed by atoms with van der Waals surface area (Å²) in [6.07, 6.45) is 1.02. The molecule has 0 atom stereocenters. The molecule has 262 valence electrons. The van der Waals surface area contributed by atoms with Crippen LogP contribution in [0, 0.1) is 6.07 Å². The molecule has 0 saturated heterocycles. The molecule has 0 aliphatic carbocycles. The average Bonchev–Trinajstić information content (AvgIpc) is 3.21. The fourth-order valence-electron chi connectivity index (χ4n) is 5.09. The van der Waals surface area contributed by atoms with Crippen molar-refractivity contribution in [3.05, 3.63) is 225 Å². The zero-order chi connectivity index (χ0) is 35.4. The molecule has 0 saturated carbocycles. The van der Waals surface area contributed by atoms with Crippen LogP contribution in [0.1, 0.15) is 6.92 Å². The second kappa shape index (κ2) is 22.9. The Kier molecular flexibility index (Phi) is 17.6. The quantitative estimate of drug-likeness (QED) is 0.0611. The molecule has 0 unspecified atom stereocenters. The second-order valence-electron chi connectivity index (χ2n) is 10.9. The summed E-state index contributed by atoms with van der Waals surface area (Å²) >= 11 is 0. The van der Waals surface area contributed by atoms with Gasteiger partial charge in [0.2, 0.25) is 0 Å². The molecule has 6 heteroatoms. The molecule has 0 aliphatic rings. The predicted molar refractivity (Wildman–Crippen MR) is 216 cm³/mol. The summed E-state index contributed by atoms with van der Waals surface area (Å²) in [5.74, 6) is 0.00954. The topological polar surface area (TPSA) is 41.5 Å². The molecule has 0 heterocycles. The van der Waals surface area contributed by atoms with Crippen LogP contribution in [0.25, 0.3) is 0 Å². The van der Waals surface area contributed by atoms with Gasteiger partial charge in [0.05, 0.1) is 5.95 Å². The van der Waals surface area contributed by atoms with Crippen molar-refractivity contribution in [3.63, 3.8) is 0 Å². The summed E-state index contributed by atoms with van der Waals surface area (Å²) in [6, 6.07) is 74.5. The largest absolute Gasteiger partial charge is 2.00 e. The van der Waals surface area contributed by atoms with E-state index in [1.165, 1.54) is 31.8 Å². The van der Waals surface area contributed by atoms with Crippen LogP contribution < -0.4 is 41.7 Å². The molecule has 7 aromatic carbocycles. The van der Waals surface area contributed by atoms with E-state index in [0.29, 0.717) is 12.4 Å². The minimum Gasteiger partial charge on any atom is -0.611 e. The number of ether oxygens (including phenoxy) is 2. The molecule has 0 bridgehead atoms. The van der Waals surface area contributed by atoms with Crippen LogP contribution in [0.2, 0.25) is 0 Å². The maximum Gasteiger partial charge on any atom is 2.00 e. The molecule has 0 N–H and O–H groups in total. The molecule has 3 nitrogen and oxygen atoms in total. The van der Waals surface area contributed by atoms with Gasteiger partial charge in [0, 0.05) is 5.75 Å². The average molecular weight is 809 g/mol. The summed E-state index contributed by atoms with van der Waals surface area (Å²) in [7, 11) is -0.892. The van der Waals surface area contributed by atoms with Crippen LogP contribution in [0.5, 0.6) is 5.75 Å². The van der Waals surface area contributed by atoms with E-state index in [-0.39, 0.29) is 20.4 Å². The number of hydrogen-bond acceptors (Lipinski definition) is 3. The SMILES string of the molecule is CCO/C([O-])=C\Oc1[c-]cccc1.[Pd+2].c1ccc(P(c2ccccc2)c2ccccc2)cc1.c1ccc(P(c2ccccc2)c2ccccc2)cc1. The first-order valence-electron chi connectivity index (χ1n) is 16.8. The first kappa shape index (κ1) is 40.0. The summed E-state index contributed by atoms with van der Waals surface area (Å²) in [5, 5.41) is 19.2. The zero-order valence-corrected chi connectivity index (χ0v) is 32.2. The number of benzene rings is 7. The Morgan fingerprint density at radius 1 is 0.481 bits per heavy atom. The molecule has 7 aromatic rings. The minimum absolute atomic E-state index is 0. The zero-order valence-electron chi connectivity index (χ0n) is 28.8. The van der Waals surface area contributed by atoms with Gasteiger partial charge in [-0.05, 0) is 54.3 Å². The monoisotopic (exact) mass is 808 g/mol. The van der Waals surface area contributed by atoms with Crippen molar-refractivity contribution in [2.75, 3.05) is 6.61 Å². The van der Waals surface area contributed by atoms with Gasteiger partial charge in [-0.1, -0.05) is 189 Å².